The summed E-state index contributed by atoms with van der Waals surface area (Å²) in [4.78, 5) is 11.5. The molecular weight excluding hydrogens is 397 g/mol. The predicted molar refractivity (Wildman–Crippen MR) is 91.5 cm³/mol. The zero-order chi connectivity index (χ0) is 20.3. The highest BCUT2D eigenvalue weighted by atomic mass is 35.5. The molecule has 0 aliphatic carbocycles. The number of benzene rings is 1. The molecule has 0 aromatic heterocycles. The van der Waals surface area contributed by atoms with Crippen molar-refractivity contribution in [1.82, 2.24) is 4.31 Å². The lowest BCUT2D eigenvalue weighted by molar-refractivity contribution is -0.252. The fourth-order valence-corrected chi connectivity index (χ4v) is 4.06. The van der Waals surface area contributed by atoms with Gasteiger partial charge in [-0.05, 0) is 25.1 Å². The molecule has 0 heterocycles. The van der Waals surface area contributed by atoms with Crippen molar-refractivity contribution in [3.05, 3.63) is 23.2 Å². The number of halogens is 4. The summed E-state index contributed by atoms with van der Waals surface area (Å²) in [6, 6.07) is 3.54. The smallest absolute Gasteiger partial charge is 0.380 e. The Morgan fingerprint density at radius 3 is 2.27 bits per heavy atom. The zero-order valence-corrected chi connectivity index (χ0v) is 16.0. The van der Waals surface area contributed by atoms with Crippen LogP contribution in [-0.2, 0) is 14.8 Å². The van der Waals surface area contributed by atoms with E-state index < -0.39 is 34.1 Å². The Morgan fingerprint density at radius 2 is 1.81 bits per heavy atom. The summed E-state index contributed by atoms with van der Waals surface area (Å²) in [5.41, 5.74) is -3.26. The minimum atomic E-state index is -4.98. The van der Waals surface area contributed by atoms with Gasteiger partial charge in [-0.2, -0.15) is 17.5 Å². The Hall–Kier alpha value is -1.36. The molecule has 1 amide bonds. The molecule has 26 heavy (non-hydrogen) atoms. The van der Waals surface area contributed by atoms with E-state index in [2.05, 4.69) is 5.32 Å². The van der Waals surface area contributed by atoms with Crippen LogP contribution in [0.5, 0.6) is 0 Å². The Labute approximate surface area is 155 Å². The molecule has 6 nitrogen and oxygen atoms in total. The quantitative estimate of drug-likeness (QED) is 0.715. The van der Waals surface area contributed by atoms with E-state index >= 15 is 0 Å². The summed E-state index contributed by atoms with van der Waals surface area (Å²) in [5.74, 6) is -1.12. The summed E-state index contributed by atoms with van der Waals surface area (Å²) in [6.07, 6.45) is -6.22. The standard InChI is InChI=1S/C15H20ClF3N2O4S/c1-4-21(5-2)26(24,25)12-8-10(6-7-11(12)16)20-13(22)9-14(3,23)15(17,18)19/h6-8,23H,4-5,9H2,1-3H3,(H,20,22)/t14-/m1/s1. The number of hydrogen-bond donors (Lipinski definition) is 2. The topological polar surface area (TPSA) is 86.7 Å². The first-order chi connectivity index (χ1) is 11.8. The summed E-state index contributed by atoms with van der Waals surface area (Å²) < 4.78 is 64.2. The molecule has 2 N–H and O–H groups in total. The van der Waals surface area contributed by atoms with E-state index in [1.165, 1.54) is 12.1 Å². The van der Waals surface area contributed by atoms with Gasteiger partial charge in [-0.1, -0.05) is 25.4 Å². The molecular formula is C15H20ClF3N2O4S. The third kappa shape index (κ3) is 5.09. The Kier molecular flexibility index (Phi) is 7.08. The predicted octanol–water partition coefficient (Wildman–Crippen LogP) is 3.01. The van der Waals surface area contributed by atoms with Crippen molar-refractivity contribution in [2.75, 3.05) is 18.4 Å². The number of hydrogen-bond acceptors (Lipinski definition) is 4. The van der Waals surface area contributed by atoms with E-state index in [1.54, 1.807) is 13.8 Å². The first kappa shape index (κ1) is 22.7. The molecule has 0 aliphatic heterocycles. The normalized spacial score (nSPS) is 15.0. The van der Waals surface area contributed by atoms with Crippen molar-refractivity contribution in [3.8, 4) is 0 Å². The third-order valence-corrected chi connectivity index (χ3v) is 6.19. The van der Waals surface area contributed by atoms with Crippen LogP contribution in [0.2, 0.25) is 5.02 Å². The molecule has 0 saturated carbocycles. The molecule has 1 aromatic rings. The minimum absolute atomic E-state index is 0.0527. The number of nitrogens with zero attached hydrogens (tertiary/aromatic N) is 1. The molecule has 0 spiro atoms. The van der Waals surface area contributed by atoms with Crippen LogP contribution in [0.15, 0.2) is 23.1 Å². The van der Waals surface area contributed by atoms with Gasteiger partial charge in [-0.25, -0.2) is 8.42 Å². The van der Waals surface area contributed by atoms with Gasteiger partial charge in [0.1, 0.15) is 4.90 Å². The average molecular weight is 417 g/mol. The lowest BCUT2D eigenvalue weighted by Gasteiger charge is -2.25. The van der Waals surface area contributed by atoms with Crippen LogP contribution in [0, 0.1) is 0 Å². The fourth-order valence-electron chi connectivity index (χ4n) is 2.10. The van der Waals surface area contributed by atoms with Gasteiger partial charge >= 0.3 is 6.18 Å². The number of aliphatic hydroxyl groups is 1. The van der Waals surface area contributed by atoms with Crippen molar-refractivity contribution in [3.63, 3.8) is 0 Å². The number of carbonyl (C=O) groups excluding carboxylic acids is 1. The maximum absolute atomic E-state index is 12.6. The van der Waals surface area contributed by atoms with E-state index in [0.717, 1.165) is 10.4 Å². The molecule has 0 fully saturated rings. The highest BCUT2D eigenvalue weighted by Crippen LogP contribution is 2.33. The summed E-state index contributed by atoms with van der Waals surface area (Å²) in [6.45, 7) is 4.14. The first-order valence-electron chi connectivity index (χ1n) is 7.65. The van der Waals surface area contributed by atoms with E-state index in [9.17, 15) is 31.5 Å². The molecule has 0 aliphatic rings. The van der Waals surface area contributed by atoms with Crippen LogP contribution in [0.3, 0.4) is 0 Å². The molecule has 0 bridgehead atoms. The second kappa shape index (κ2) is 8.12. The van der Waals surface area contributed by atoms with Crippen molar-refractivity contribution < 1.29 is 31.5 Å². The number of nitrogens with one attached hydrogen (secondary N) is 1. The number of rotatable bonds is 7. The number of carbonyl (C=O) groups is 1. The van der Waals surface area contributed by atoms with Gasteiger partial charge in [0.05, 0.1) is 11.4 Å². The summed E-state index contributed by atoms with van der Waals surface area (Å²) in [7, 11) is -3.93. The SMILES string of the molecule is CCN(CC)S(=O)(=O)c1cc(NC(=O)C[C@@](C)(O)C(F)(F)F)ccc1Cl. The lowest BCUT2D eigenvalue weighted by Crippen LogP contribution is -2.44. The fraction of sp³-hybridized carbons (Fsp3) is 0.533. The van der Waals surface area contributed by atoms with E-state index in [1.807, 2.05) is 0 Å². The molecule has 11 heteroatoms. The number of anilines is 1. The van der Waals surface area contributed by atoms with Gasteiger partial charge in [0.15, 0.2) is 5.60 Å². The van der Waals surface area contributed by atoms with Crippen molar-refractivity contribution >= 4 is 33.2 Å². The van der Waals surface area contributed by atoms with Crippen LogP contribution in [-0.4, -0.2) is 48.6 Å². The zero-order valence-electron chi connectivity index (χ0n) is 14.4. The molecule has 0 saturated heterocycles. The van der Waals surface area contributed by atoms with Gasteiger partial charge in [-0.15, -0.1) is 0 Å². The number of amides is 1. The highest BCUT2D eigenvalue weighted by molar-refractivity contribution is 7.89. The molecule has 1 aromatic carbocycles. The van der Waals surface area contributed by atoms with E-state index in [0.29, 0.717) is 6.92 Å². The second-order valence-corrected chi connectivity index (χ2v) is 8.04. The second-order valence-electron chi connectivity index (χ2n) is 5.73. The van der Waals surface area contributed by atoms with Crippen molar-refractivity contribution in [1.29, 1.82) is 0 Å². The van der Waals surface area contributed by atoms with Crippen LogP contribution < -0.4 is 5.32 Å². The monoisotopic (exact) mass is 416 g/mol. The molecule has 1 rings (SSSR count). The van der Waals surface area contributed by atoms with Crippen LogP contribution in [0.25, 0.3) is 0 Å². The maximum atomic E-state index is 12.6. The van der Waals surface area contributed by atoms with Crippen LogP contribution in [0.4, 0.5) is 18.9 Å². The largest absolute Gasteiger partial charge is 0.417 e. The maximum Gasteiger partial charge on any atom is 0.417 e. The Morgan fingerprint density at radius 1 is 1.27 bits per heavy atom. The van der Waals surface area contributed by atoms with Gasteiger partial charge in [0.2, 0.25) is 15.9 Å². The summed E-state index contributed by atoms with van der Waals surface area (Å²) >= 11 is 5.93. The molecule has 1 atom stereocenters. The van der Waals surface area contributed by atoms with E-state index in [-0.39, 0.29) is 28.7 Å². The number of alkyl halides is 3. The van der Waals surface area contributed by atoms with Crippen molar-refractivity contribution in [2.24, 2.45) is 0 Å². The Bertz CT molecular complexity index is 763. The summed E-state index contributed by atoms with van der Waals surface area (Å²) in [5, 5.41) is 11.4. The molecule has 148 valence electrons. The Balaban J connectivity index is 3.10. The minimum Gasteiger partial charge on any atom is -0.380 e. The third-order valence-electron chi connectivity index (χ3n) is 3.65. The molecule has 0 radical (unpaired) electrons. The van der Waals surface area contributed by atoms with Crippen LogP contribution >= 0.6 is 11.6 Å². The first-order valence-corrected chi connectivity index (χ1v) is 9.46. The van der Waals surface area contributed by atoms with E-state index in [4.69, 9.17) is 11.6 Å². The van der Waals surface area contributed by atoms with Crippen LogP contribution in [0.1, 0.15) is 27.2 Å². The lowest BCUT2D eigenvalue weighted by atomic mass is 10.0. The number of sulfonamides is 1. The average Bonchev–Trinajstić information content (AvgIpc) is 2.48. The van der Waals surface area contributed by atoms with Gasteiger partial charge in [0.25, 0.3) is 0 Å². The van der Waals surface area contributed by atoms with Gasteiger partial charge < -0.3 is 10.4 Å². The van der Waals surface area contributed by atoms with Crippen molar-refractivity contribution in [2.45, 2.75) is 43.9 Å². The van der Waals surface area contributed by atoms with Gasteiger partial charge in [-0.3, -0.25) is 4.79 Å². The van der Waals surface area contributed by atoms with Gasteiger partial charge in [0, 0.05) is 18.8 Å². The highest BCUT2D eigenvalue weighted by Gasteiger charge is 2.51. The molecule has 0 unspecified atom stereocenters.